The summed E-state index contributed by atoms with van der Waals surface area (Å²) in [5.41, 5.74) is 2.78. The molecule has 2 heterocycles. The summed E-state index contributed by atoms with van der Waals surface area (Å²) in [6.07, 6.45) is 4.88. The van der Waals surface area contributed by atoms with Gasteiger partial charge in [0.05, 0.1) is 12.8 Å². The quantitative estimate of drug-likeness (QED) is 0.796. The van der Waals surface area contributed by atoms with Crippen molar-refractivity contribution in [3.8, 4) is 0 Å². The monoisotopic (exact) mass is 249 g/mol. The number of hydrogen-bond acceptors (Lipinski definition) is 3. The summed E-state index contributed by atoms with van der Waals surface area (Å²) < 4.78 is 7.69. The minimum atomic E-state index is 0.486. The Morgan fingerprint density at radius 2 is 2.28 bits per heavy atom. The third-order valence-corrected chi connectivity index (χ3v) is 4.06. The van der Waals surface area contributed by atoms with Crippen molar-refractivity contribution in [3.05, 3.63) is 17.5 Å². The van der Waals surface area contributed by atoms with Crippen molar-refractivity contribution < 1.29 is 4.74 Å². The highest BCUT2D eigenvalue weighted by atomic mass is 16.5. The van der Waals surface area contributed by atoms with Crippen LogP contribution in [0.1, 0.15) is 36.9 Å². The van der Waals surface area contributed by atoms with Crippen LogP contribution in [0.5, 0.6) is 0 Å². The molecule has 1 atom stereocenters. The van der Waals surface area contributed by atoms with Crippen LogP contribution in [-0.4, -0.2) is 41.0 Å². The summed E-state index contributed by atoms with van der Waals surface area (Å²) in [4.78, 5) is 2.59. The number of ether oxygens (including phenoxy) is 1. The van der Waals surface area contributed by atoms with Gasteiger partial charge in [-0.25, -0.2) is 0 Å². The molecule has 0 N–H and O–H groups in total. The zero-order valence-electron chi connectivity index (χ0n) is 11.4. The van der Waals surface area contributed by atoms with E-state index in [2.05, 4.69) is 16.9 Å². The Morgan fingerprint density at radius 3 is 3.00 bits per heavy atom. The molecular formula is C14H23N3O. The fraction of sp³-hybridized carbons (Fsp3) is 0.786. The highest BCUT2D eigenvalue weighted by molar-refractivity contribution is 5.25. The molecule has 18 heavy (non-hydrogen) atoms. The highest BCUT2D eigenvalue weighted by Crippen LogP contribution is 2.34. The molecule has 1 fully saturated rings. The lowest BCUT2D eigenvalue weighted by atomic mass is 9.96. The third kappa shape index (κ3) is 2.45. The van der Waals surface area contributed by atoms with Crippen LogP contribution >= 0.6 is 0 Å². The van der Waals surface area contributed by atoms with E-state index in [4.69, 9.17) is 4.74 Å². The average Bonchev–Trinajstić information content (AvgIpc) is 3.09. The molecule has 4 nitrogen and oxygen atoms in total. The van der Waals surface area contributed by atoms with E-state index in [9.17, 15) is 0 Å². The van der Waals surface area contributed by atoms with Gasteiger partial charge in [0.1, 0.15) is 0 Å². The molecule has 3 rings (SSSR count). The minimum absolute atomic E-state index is 0.486. The number of hydrogen-bond donors (Lipinski definition) is 0. The van der Waals surface area contributed by atoms with Gasteiger partial charge in [-0.1, -0.05) is 0 Å². The highest BCUT2D eigenvalue weighted by Gasteiger charge is 2.32. The maximum atomic E-state index is 5.66. The van der Waals surface area contributed by atoms with Crippen LogP contribution in [0.4, 0.5) is 0 Å². The van der Waals surface area contributed by atoms with E-state index in [-0.39, 0.29) is 0 Å². The summed E-state index contributed by atoms with van der Waals surface area (Å²) in [5, 5.41) is 4.42. The average molecular weight is 249 g/mol. The van der Waals surface area contributed by atoms with Gasteiger partial charge in [-0.2, -0.15) is 5.10 Å². The Morgan fingerprint density at radius 1 is 1.44 bits per heavy atom. The van der Waals surface area contributed by atoms with Gasteiger partial charge in [0.15, 0.2) is 0 Å². The van der Waals surface area contributed by atoms with Crippen LogP contribution in [0.25, 0.3) is 0 Å². The second-order valence-corrected chi connectivity index (χ2v) is 5.67. The van der Waals surface area contributed by atoms with Crippen LogP contribution in [0.3, 0.4) is 0 Å². The Balaban J connectivity index is 1.75. The van der Waals surface area contributed by atoms with Crippen molar-refractivity contribution in [2.24, 2.45) is 13.0 Å². The van der Waals surface area contributed by atoms with Crippen molar-refractivity contribution >= 4 is 0 Å². The maximum absolute atomic E-state index is 5.66. The van der Waals surface area contributed by atoms with Crippen LogP contribution < -0.4 is 0 Å². The number of aromatic nitrogens is 2. The van der Waals surface area contributed by atoms with Gasteiger partial charge in [-0.05, 0) is 25.7 Å². The zero-order chi connectivity index (χ0) is 12.5. The summed E-state index contributed by atoms with van der Waals surface area (Å²) >= 11 is 0. The Bertz CT molecular complexity index is 411. The van der Waals surface area contributed by atoms with Crippen molar-refractivity contribution in [1.29, 1.82) is 0 Å². The van der Waals surface area contributed by atoms with Crippen LogP contribution in [0.2, 0.25) is 0 Å². The first-order valence-electron chi connectivity index (χ1n) is 7.08. The van der Waals surface area contributed by atoms with E-state index in [1.807, 2.05) is 17.9 Å². The van der Waals surface area contributed by atoms with Crippen molar-refractivity contribution in [2.45, 2.75) is 32.2 Å². The number of nitrogens with zero attached hydrogens (tertiary/aromatic N) is 3. The molecule has 0 amide bonds. The lowest BCUT2D eigenvalue weighted by Gasteiger charge is -2.33. The molecule has 0 saturated heterocycles. The number of rotatable bonds is 5. The van der Waals surface area contributed by atoms with E-state index in [0.717, 1.165) is 32.2 Å². The second-order valence-electron chi connectivity index (χ2n) is 5.67. The van der Waals surface area contributed by atoms with E-state index >= 15 is 0 Å². The standard InChI is InChI=1S/C14H23N3O/c1-3-18-10-13-9-17(7-11-4-5-11)8-12-6-15-16(2)14(12)13/h6,11,13H,3-5,7-10H2,1-2H3/t13-/m0/s1. The third-order valence-electron chi connectivity index (χ3n) is 4.06. The smallest absolute Gasteiger partial charge is 0.0562 e. The molecular weight excluding hydrogens is 226 g/mol. The van der Waals surface area contributed by atoms with Crippen LogP contribution in [0, 0.1) is 5.92 Å². The van der Waals surface area contributed by atoms with Gasteiger partial charge in [-0.15, -0.1) is 0 Å². The summed E-state index contributed by atoms with van der Waals surface area (Å²) in [5.74, 6) is 1.44. The van der Waals surface area contributed by atoms with Crippen molar-refractivity contribution in [3.63, 3.8) is 0 Å². The molecule has 2 aliphatic rings. The van der Waals surface area contributed by atoms with Crippen molar-refractivity contribution in [1.82, 2.24) is 14.7 Å². The largest absolute Gasteiger partial charge is 0.381 e. The normalized spacial score (nSPS) is 24.2. The lowest BCUT2D eigenvalue weighted by molar-refractivity contribution is 0.103. The molecule has 0 radical (unpaired) electrons. The fourth-order valence-electron chi connectivity index (χ4n) is 3.04. The van der Waals surface area contributed by atoms with E-state index in [1.54, 1.807) is 0 Å². The summed E-state index contributed by atoms with van der Waals surface area (Å²) in [7, 11) is 2.05. The maximum Gasteiger partial charge on any atom is 0.0562 e. The first-order chi connectivity index (χ1) is 8.78. The SMILES string of the molecule is CCOC[C@@H]1CN(CC2CC2)Cc2cnn(C)c21. The Kier molecular flexibility index (Phi) is 3.39. The molecule has 1 aromatic heterocycles. The molecule has 4 heteroatoms. The summed E-state index contributed by atoms with van der Waals surface area (Å²) in [6, 6.07) is 0. The predicted molar refractivity (Wildman–Crippen MR) is 70.4 cm³/mol. The van der Waals surface area contributed by atoms with Gasteiger partial charge < -0.3 is 4.74 Å². The molecule has 100 valence electrons. The number of fused-ring (bicyclic) bond motifs is 1. The molecule has 0 unspecified atom stereocenters. The molecule has 1 aliphatic carbocycles. The molecule has 0 spiro atoms. The topological polar surface area (TPSA) is 30.3 Å². The minimum Gasteiger partial charge on any atom is -0.381 e. The Hall–Kier alpha value is -0.870. The first-order valence-corrected chi connectivity index (χ1v) is 7.08. The van der Waals surface area contributed by atoms with Crippen molar-refractivity contribution in [2.75, 3.05) is 26.3 Å². The van der Waals surface area contributed by atoms with Crippen LogP contribution in [-0.2, 0) is 18.3 Å². The fourth-order valence-corrected chi connectivity index (χ4v) is 3.04. The Labute approximate surface area is 109 Å². The molecule has 1 aromatic rings. The molecule has 1 saturated carbocycles. The number of aryl methyl sites for hydroxylation is 1. The molecule has 0 bridgehead atoms. The van der Waals surface area contributed by atoms with Gasteiger partial charge in [-0.3, -0.25) is 9.58 Å². The van der Waals surface area contributed by atoms with E-state index < -0.39 is 0 Å². The van der Waals surface area contributed by atoms with Gasteiger partial charge in [0, 0.05) is 50.5 Å². The van der Waals surface area contributed by atoms with E-state index in [0.29, 0.717) is 5.92 Å². The van der Waals surface area contributed by atoms with Crippen LogP contribution in [0.15, 0.2) is 6.20 Å². The molecule has 0 aromatic carbocycles. The lowest BCUT2D eigenvalue weighted by Crippen LogP contribution is -2.37. The van der Waals surface area contributed by atoms with Gasteiger partial charge >= 0.3 is 0 Å². The zero-order valence-corrected chi connectivity index (χ0v) is 11.4. The van der Waals surface area contributed by atoms with Gasteiger partial charge in [0.2, 0.25) is 0 Å². The summed E-state index contributed by atoms with van der Waals surface area (Å²) in [6.45, 7) is 7.15. The molecule has 1 aliphatic heterocycles. The first kappa shape index (κ1) is 12.2. The predicted octanol–water partition coefficient (Wildman–Crippen LogP) is 1.77. The second kappa shape index (κ2) is 5.02. The van der Waals surface area contributed by atoms with E-state index in [1.165, 1.54) is 30.6 Å². The van der Waals surface area contributed by atoms with Gasteiger partial charge in [0.25, 0.3) is 0 Å².